The first-order valence-electron chi connectivity index (χ1n) is 6.89. The number of hydrogen-bond acceptors (Lipinski definition) is 3. The fourth-order valence-corrected chi connectivity index (χ4v) is 4.22. The molecule has 3 rings (SSSR count). The number of nitrogens with one attached hydrogen (secondary N) is 1. The molecule has 1 aliphatic carbocycles. The zero-order valence-electron chi connectivity index (χ0n) is 11.2. The summed E-state index contributed by atoms with van der Waals surface area (Å²) in [6.07, 6.45) is 3.71. The largest absolute Gasteiger partial charge is 0.271 e. The van der Waals surface area contributed by atoms with Crippen LogP contribution < -0.4 is 11.3 Å². The molecule has 0 saturated carbocycles. The number of hydrazine groups is 1. The molecule has 1 heterocycles. The third kappa shape index (κ3) is 2.34. The highest BCUT2D eigenvalue weighted by Gasteiger charge is 2.29. The summed E-state index contributed by atoms with van der Waals surface area (Å²) >= 11 is 1.89. The van der Waals surface area contributed by atoms with Gasteiger partial charge in [0.25, 0.3) is 0 Å². The highest BCUT2D eigenvalue weighted by atomic mass is 32.1. The van der Waals surface area contributed by atoms with E-state index in [2.05, 4.69) is 48.1 Å². The molecule has 2 atom stereocenters. The van der Waals surface area contributed by atoms with E-state index < -0.39 is 0 Å². The number of rotatable bonds is 3. The highest BCUT2D eigenvalue weighted by Crippen LogP contribution is 2.42. The third-order valence-corrected chi connectivity index (χ3v) is 5.20. The molecule has 2 nitrogen and oxygen atoms in total. The molecule has 1 aromatic heterocycles. The lowest BCUT2D eigenvalue weighted by molar-refractivity contribution is 0.409. The van der Waals surface area contributed by atoms with Crippen molar-refractivity contribution in [3.05, 3.63) is 57.3 Å². The predicted molar refractivity (Wildman–Crippen MR) is 81.2 cm³/mol. The van der Waals surface area contributed by atoms with Crippen LogP contribution in [0.25, 0.3) is 0 Å². The maximum atomic E-state index is 5.88. The maximum absolute atomic E-state index is 5.88. The van der Waals surface area contributed by atoms with Gasteiger partial charge < -0.3 is 0 Å². The van der Waals surface area contributed by atoms with E-state index >= 15 is 0 Å². The molecule has 3 heteroatoms. The first-order valence-corrected chi connectivity index (χ1v) is 7.77. The Bertz CT molecular complexity index is 561. The van der Waals surface area contributed by atoms with E-state index in [0.717, 1.165) is 0 Å². The molecule has 1 aromatic carbocycles. The standard InChI is InChI=1S/C16H20N2S/c1-11-5-2-3-6-12(11)16(18-17)14-7-4-8-15-13(14)9-10-19-15/h2-3,5-6,9-10,14,16,18H,4,7-8,17H2,1H3. The quantitative estimate of drug-likeness (QED) is 0.660. The minimum Gasteiger partial charge on any atom is -0.271 e. The van der Waals surface area contributed by atoms with Crippen LogP contribution in [-0.2, 0) is 6.42 Å². The van der Waals surface area contributed by atoms with Crippen molar-refractivity contribution in [3.63, 3.8) is 0 Å². The van der Waals surface area contributed by atoms with Gasteiger partial charge in [-0.2, -0.15) is 0 Å². The van der Waals surface area contributed by atoms with Crippen molar-refractivity contribution in [2.45, 2.75) is 38.1 Å². The van der Waals surface area contributed by atoms with Crippen LogP contribution in [0, 0.1) is 6.92 Å². The van der Waals surface area contributed by atoms with E-state index in [0.29, 0.717) is 5.92 Å². The van der Waals surface area contributed by atoms with E-state index in [1.165, 1.54) is 36.0 Å². The summed E-state index contributed by atoms with van der Waals surface area (Å²) in [6, 6.07) is 11.0. The lowest BCUT2D eigenvalue weighted by Gasteiger charge is -2.31. The van der Waals surface area contributed by atoms with Crippen LogP contribution in [0.3, 0.4) is 0 Å². The van der Waals surface area contributed by atoms with Gasteiger partial charge in [-0.05, 0) is 54.3 Å². The zero-order valence-corrected chi connectivity index (χ0v) is 12.0. The second-order valence-electron chi connectivity index (χ2n) is 5.30. The topological polar surface area (TPSA) is 38.0 Å². The second kappa shape index (κ2) is 5.45. The Hall–Kier alpha value is -1.16. The van der Waals surface area contributed by atoms with E-state index in [9.17, 15) is 0 Å². The maximum Gasteiger partial charge on any atom is 0.0531 e. The van der Waals surface area contributed by atoms with Crippen LogP contribution in [0.2, 0.25) is 0 Å². The average Bonchev–Trinajstić information content (AvgIpc) is 2.91. The van der Waals surface area contributed by atoms with Crippen LogP contribution in [0.15, 0.2) is 35.7 Å². The van der Waals surface area contributed by atoms with Gasteiger partial charge in [0.05, 0.1) is 6.04 Å². The van der Waals surface area contributed by atoms with Crippen LogP contribution in [-0.4, -0.2) is 0 Å². The first kappa shape index (κ1) is 12.9. The van der Waals surface area contributed by atoms with E-state index in [4.69, 9.17) is 5.84 Å². The molecule has 100 valence electrons. The van der Waals surface area contributed by atoms with Gasteiger partial charge in [0.2, 0.25) is 0 Å². The molecule has 0 bridgehead atoms. The number of hydrogen-bond donors (Lipinski definition) is 2. The summed E-state index contributed by atoms with van der Waals surface area (Å²) in [6.45, 7) is 2.16. The summed E-state index contributed by atoms with van der Waals surface area (Å²) in [4.78, 5) is 1.55. The van der Waals surface area contributed by atoms with Gasteiger partial charge in [0.1, 0.15) is 0 Å². The second-order valence-corrected chi connectivity index (χ2v) is 6.30. The molecule has 0 fully saturated rings. The van der Waals surface area contributed by atoms with Gasteiger partial charge in [-0.15, -0.1) is 11.3 Å². The molecule has 2 aromatic rings. The molecule has 0 amide bonds. The van der Waals surface area contributed by atoms with Crippen LogP contribution in [0.1, 0.15) is 46.4 Å². The van der Waals surface area contributed by atoms with Crippen molar-refractivity contribution < 1.29 is 0 Å². The van der Waals surface area contributed by atoms with Gasteiger partial charge in [-0.3, -0.25) is 11.3 Å². The normalized spacial score (nSPS) is 20.0. The number of thiophene rings is 1. The minimum absolute atomic E-state index is 0.217. The van der Waals surface area contributed by atoms with Crippen LogP contribution >= 0.6 is 11.3 Å². The molecule has 0 aliphatic heterocycles. The van der Waals surface area contributed by atoms with Crippen molar-refractivity contribution in [1.29, 1.82) is 0 Å². The summed E-state index contributed by atoms with van der Waals surface area (Å²) in [5, 5.41) is 2.22. The first-order chi connectivity index (χ1) is 9.31. The average molecular weight is 272 g/mol. The Labute approximate surface area is 118 Å². The number of nitrogens with two attached hydrogens (primary N) is 1. The van der Waals surface area contributed by atoms with Gasteiger partial charge >= 0.3 is 0 Å². The number of benzene rings is 1. The third-order valence-electron chi connectivity index (χ3n) is 4.20. The molecule has 2 unspecified atom stereocenters. The number of fused-ring (bicyclic) bond motifs is 1. The Morgan fingerprint density at radius 3 is 2.95 bits per heavy atom. The van der Waals surface area contributed by atoms with Crippen molar-refractivity contribution in [2.24, 2.45) is 5.84 Å². The van der Waals surface area contributed by atoms with Crippen molar-refractivity contribution in [3.8, 4) is 0 Å². The smallest absolute Gasteiger partial charge is 0.0531 e. The SMILES string of the molecule is Cc1ccccc1C(NN)C1CCCc2sccc21. The number of aryl methyl sites for hydroxylation is 2. The van der Waals surface area contributed by atoms with E-state index in [-0.39, 0.29) is 6.04 Å². The van der Waals surface area contributed by atoms with Crippen molar-refractivity contribution in [2.75, 3.05) is 0 Å². The van der Waals surface area contributed by atoms with Crippen molar-refractivity contribution in [1.82, 2.24) is 5.43 Å². The fraction of sp³-hybridized carbons (Fsp3) is 0.375. The Balaban J connectivity index is 1.99. The van der Waals surface area contributed by atoms with Gasteiger partial charge in [0.15, 0.2) is 0 Å². The lowest BCUT2D eigenvalue weighted by Crippen LogP contribution is -2.34. The van der Waals surface area contributed by atoms with E-state index in [1.54, 1.807) is 4.88 Å². The zero-order chi connectivity index (χ0) is 13.2. The summed E-state index contributed by atoms with van der Waals surface area (Å²) in [5.74, 6) is 6.38. The Morgan fingerprint density at radius 1 is 1.32 bits per heavy atom. The van der Waals surface area contributed by atoms with Crippen molar-refractivity contribution >= 4 is 11.3 Å². The Kier molecular flexibility index (Phi) is 3.69. The monoisotopic (exact) mass is 272 g/mol. The Morgan fingerprint density at radius 2 is 2.16 bits per heavy atom. The summed E-state index contributed by atoms with van der Waals surface area (Å²) in [5.41, 5.74) is 7.21. The molecule has 3 N–H and O–H groups in total. The summed E-state index contributed by atoms with van der Waals surface area (Å²) < 4.78 is 0. The minimum atomic E-state index is 0.217. The molecule has 0 spiro atoms. The predicted octanol–water partition coefficient (Wildman–Crippen LogP) is 3.68. The van der Waals surface area contributed by atoms with Crippen LogP contribution in [0.4, 0.5) is 0 Å². The van der Waals surface area contributed by atoms with E-state index in [1.807, 2.05) is 11.3 Å². The highest BCUT2D eigenvalue weighted by molar-refractivity contribution is 7.10. The molecule has 0 saturated heterocycles. The molecular formula is C16H20N2S. The summed E-state index contributed by atoms with van der Waals surface area (Å²) in [7, 11) is 0. The molecule has 19 heavy (non-hydrogen) atoms. The van der Waals surface area contributed by atoms with Gasteiger partial charge in [0, 0.05) is 10.8 Å². The van der Waals surface area contributed by atoms with Gasteiger partial charge in [-0.25, -0.2) is 0 Å². The fourth-order valence-electron chi connectivity index (χ4n) is 3.23. The lowest BCUT2D eigenvalue weighted by atomic mass is 9.79. The van der Waals surface area contributed by atoms with Crippen LogP contribution in [0.5, 0.6) is 0 Å². The van der Waals surface area contributed by atoms with Gasteiger partial charge in [-0.1, -0.05) is 24.3 Å². The molecule has 0 radical (unpaired) electrons. The molecule has 1 aliphatic rings. The molecular weight excluding hydrogens is 252 g/mol.